The Kier molecular flexibility index (Phi) is 3.88. The van der Waals surface area contributed by atoms with Crippen LogP contribution in [0.25, 0.3) is 5.69 Å². The second-order valence-corrected chi connectivity index (χ2v) is 5.12. The van der Waals surface area contributed by atoms with Crippen LogP contribution in [-0.4, -0.2) is 15.6 Å². The molecule has 20 heavy (non-hydrogen) atoms. The normalized spacial score (nSPS) is 10.6. The second kappa shape index (κ2) is 5.31. The minimum absolute atomic E-state index is 0.0839. The SMILES string of the molecule is Cc1cc(=O)n(-c2cccc(Cl)c2Cl)c(C)c1C(=O)O. The van der Waals surface area contributed by atoms with Crippen molar-refractivity contribution in [3.63, 3.8) is 0 Å². The van der Waals surface area contributed by atoms with Crippen molar-refractivity contribution in [2.45, 2.75) is 13.8 Å². The van der Waals surface area contributed by atoms with Crippen LogP contribution in [0.15, 0.2) is 29.1 Å². The molecule has 6 heteroatoms. The Hall–Kier alpha value is -1.78. The summed E-state index contributed by atoms with van der Waals surface area (Å²) < 4.78 is 1.25. The van der Waals surface area contributed by atoms with Crippen LogP contribution in [0.2, 0.25) is 10.0 Å². The Balaban J connectivity index is 2.88. The van der Waals surface area contributed by atoms with Crippen LogP contribution in [0.4, 0.5) is 0 Å². The zero-order valence-corrected chi connectivity index (χ0v) is 12.3. The molecule has 0 saturated heterocycles. The summed E-state index contributed by atoms with van der Waals surface area (Å²) in [6.07, 6.45) is 0. The third-order valence-corrected chi connectivity index (χ3v) is 3.85. The fourth-order valence-corrected chi connectivity index (χ4v) is 2.55. The minimum atomic E-state index is -1.09. The van der Waals surface area contributed by atoms with Crippen molar-refractivity contribution >= 4 is 29.2 Å². The highest BCUT2D eigenvalue weighted by molar-refractivity contribution is 6.43. The molecule has 0 aliphatic carbocycles. The average Bonchev–Trinajstić information content (AvgIpc) is 2.33. The lowest BCUT2D eigenvalue weighted by Gasteiger charge is -2.15. The molecule has 0 saturated carbocycles. The molecule has 0 fully saturated rings. The molecule has 1 N–H and O–H groups in total. The number of carboxylic acids is 1. The molecule has 0 atom stereocenters. The van der Waals surface area contributed by atoms with E-state index < -0.39 is 5.97 Å². The van der Waals surface area contributed by atoms with Gasteiger partial charge in [0.25, 0.3) is 5.56 Å². The number of carboxylic acid groups (broad SMARTS) is 1. The summed E-state index contributed by atoms with van der Waals surface area (Å²) in [6, 6.07) is 6.13. The van der Waals surface area contributed by atoms with E-state index in [-0.39, 0.29) is 16.1 Å². The lowest BCUT2D eigenvalue weighted by atomic mass is 10.1. The van der Waals surface area contributed by atoms with Gasteiger partial charge in [-0.05, 0) is 31.5 Å². The first-order valence-corrected chi connectivity index (χ1v) is 6.51. The highest BCUT2D eigenvalue weighted by Crippen LogP contribution is 2.29. The molecule has 1 aromatic heterocycles. The predicted molar refractivity (Wildman–Crippen MR) is 78.5 cm³/mol. The summed E-state index contributed by atoms with van der Waals surface area (Å²) in [4.78, 5) is 23.5. The van der Waals surface area contributed by atoms with Crippen LogP contribution in [0.1, 0.15) is 21.6 Å². The molecular weight excluding hydrogens is 301 g/mol. The fraction of sp³-hybridized carbons (Fsp3) is 0.143. The van der Waals surface area contributed by atoms with E-state index in [4.69, 9.17) is 23.2 Å². The third-order valence-electron chi connectivity index (χ3n) is 3.04. The number of aromatic carboxylic acids is 1. The summed E-state index contributed by atoms with van der Waals surface area (Å²) >= 11 is 12.0. The second-order valence-electron chi connectivity index (χ2n) is 4.34. The molecule has 0 aliphatic rings. The van der Waals surface area contributed by atoms with Gasteiger partial charge in [0.2, 0.25) is 0 Å². The maximum absolute atomic E-state index is 12.2. The van der Waals surface area contributed by atoms with Gasteiger partial charge in [0.15, 0.2) is 0 Å². The van der Waals surface area contributed by atoms with Gasteiger partial charge in [-0.15, -0.1) is 0 Å². The van der Waals surface area contributed by atoms with E-state index in [0.29, 0.717) is 22.0 Å². The van der Waals surface area contributed by atoms with Crippen molar-refractivity contribution in [2.75, 3.05) is 0 Å². The zero-order chi connectivity index (χ0) is 15.0. The topological polar surface area (TPSA) is 59.3 Å². The molecule has 0 spiro atoms. The molecule has 2 rings (SSSR count). The number of benzene rings is 1. The van der Waals surface area contributed by atoms with Gasteiger partial charge >= 0.3 is 5.97 Å². The average molecular weight is 312 g/mol. The number of aryl methyl sites for hydroxylation is 1. The van der Waals surface area contributed by atoms with Crippen LogP contribution >= 0.6 is 23.2 Å². The van der Waals surface area contributed by atoms with Gasteiger partial charge in [-0.25, -0.2) is 4.79 Å². The van der Waals surface area contributed by atoms with E-state index in [1.807, 2.05) is 0 Å². The number of hydrogen-bond donors (Lipinski definition) is 1. The van der Waals surface area contributed by atoms with Crippen molar-refractivity contribution in [3.05, 3.63) is 61.5 Å². The largest absolute Gasteiger partial charge is 0.478 e. The van der Waals surface area contributed by atoms with Gasteiger partial charge in [0.1, 0.15) is 0 Å². The Labute approximate surface area is 125 Å². The minimum Gasteiger partial charge on any atom is -0.478 e. The van der Waals surface area contributed by atoms with E-state index in [0.717, 1.165) is 0 Å². The number of carbonyl (C=O) groups is 1. The molecule has 0 unspecified atom stereocenters. The summed E-state index contributed by atoms with van der Waals surface area (Å²) in [5.74, 6) is -1.09. The molecule has 0 bridgehead atoms. The summed E-state index contributed by atoms with van der Waals surface area (Å²) in [5.41, 5.74) is 0.819. The van der Waals surface area contributed by atoms with Crippen LogP contribution < -0.4 is 5.56 Å². The van der Waals surface area contributed by atoms with Gasteiger partial charge in [-0.1, -0.05) is 29.3 Å². The lowest BCUT2D eigenvalue weighted by Crippen LogP contribution is -2.24. The van der Waals surface area contributed by atoms with Crippen LogP contribution in [0.3, 0.4) is 0 Å². The van der Waals surface area contributed by atoms with Crippen molar-refractivity contribution in [3.8, 4) is 5.69 Å². The fourth-order valence-electron chi connectivity index (χ4n) is 2.17. The maximum Gasteiger partial charge on any atom is 0.337 e. The Morgan fingerprint density at radius 3 is 2.50 bits per heavy atom. The molecule has 2 aromatic rings. The molecule has 1 heterocycles. The summed E-state index contributed by atoms with van der Waals surface area (Å²) in [5, 5.41) is 9.77. The molecule has 1 aromatic carbocycles. The van der Waals surface area contributed by atoms with E-state index in [9.17, 15) is 14.7 Å². The van der Waals surface area contributed by atoms with Crippen LogP contribution in [0.5, 0.6) is 0 Å². The number of rotatable bonds is 2. The van der Waals surface area contributed by atoms with Gasteiger partial charge in [0, 0.05) is 11.8 Å². The number of halogens is 2. The van der Waals surface area contributed by atoms with Crippen molar-refractivity contribution in [1.82, 2.24) is 4.57 Å². The van der Waals surface area contributed by atoms with E-state index >= 15 is 0 Å². The maximum atomic E-state index is 12.2. The van der Waals surface area contributed by atoms with Gasteiger partial charge in [-0.2, -0.15) is 0 Å². The van der Waals surface area contributed by atoms with Gasteiger partial charge in [-0.3, -0.25) is 9.36 Å². The number of pyridine rings is 1. The molecule has 0 radical (unpaired) electrons. The predicted octanol–water partition coefficient (Wildman–Crippen LogP) is 3.46. The first kappa shape index (κ1) is 14.6. The molecule has 104 valence electrons. The Bertz CT molecular complexity index is 766. The highest BCUT2D eigenvalue weighted by Gasteiger charge is 2.18. The van der Waals surface area contributed by atoms with E-state index in [1.165, 1.54) is 10.6 Å². The summed E-state index contributed by atoms with van der Waals surface area (Å²) in [6.45, 7) is 3.15. The number of hydrogen-bond acceptors (Lipinski definition) is 2. The van der Waals surface area contributed by atoms with Gasteiger partial charge < -0.3 is 5.11 Å². The third kappa shape index (κ3) is 2.32. The molecule has 0 aliphatic heterocycles. The van der Waals surface area contributed by atoms with E-state index in [1.54, 1.807) is 32.0 Å². The smallest absolute Gasteiger partial charge is 0.337 e. The monoisotopic (exact) mass is 311 g/mol. The Morgan fingerprint density at radius 2 is 1.90 bits per heavy atom. The number of nitrogens with zero attached hydrogens (tertiary/aromatic N) is 1. The molecular formula is C14H11Cl2NO3. The quantitative estimate of drug-likeness (QED) is 0.924. The Morgan fingerprint density at radius 1 is 1.25 bits per heavy atom. The first-order valence-electron chi connectivity index (χ1n) is 5.75. The first-order chi connectivity index (χ1) is 9.34. The lowest BCUT2D eigenvalue weighted by molar-refractivity contribution is 0.0694. The van der Waals surface area contributed by atoms with Crippen molar-refractivity contribution in [1.29, 1.82) is 0 Å². The van der Waals surface area contributed by atoms with Crippen LogP contribution in [-0.2, 0) is 0 Å². The summed E-state index contributed by atoms with van der Waals surface area (Å²) in [7, 11) is 0. The van der Waals surface area contributed by atoms with Crippen molar-refractivity contribution < 1.29 is 9.90 Å². The van der Waals surface area contributed by atoms with Crippen molar-refractivity contribution in [2.24, 2.45) is 0 Å². The van der Waals surface area contributed by atoms with E-state index in [2.05, 4.69) is 0 Å². The molecule has 4 nitrogen and oxygen atoms in total. The zero-order valence-electron chi connectivity index (χ0n) is 10.8. The standard InChI is InChI=1S/C14H11Cl2NO3/c1-7-6-11(18)17(8(2)12(7)14(19)20)10-5-3-4-9(15)13(10)16/h3-6H,1-2H3,(H,19,20). The molecule has 0 amide bonds. The van der Waals surface area contributed by atoms with Crippen LogP contribution in [0, 0.1) is 13.8 Å². The number of aromatic nitrogens is 1. The van der Waals surface area contributed by atoms with Gasteiger partial charge in [0.05, 0.1) is 21.3 Å². The highest BCUT2D eigenvalue weighted by atomic mass is 35.5.